The molecule has 1 aliphatic heterocycles. The van der Waals surface area contributed by atoms with Crippen LogP contribution in [0, 0.1) is 0 Å². The fourth-order valence-electron chi connectivity index (χ4n) is 2.39. The predicted octanol–water partition coefficient (Wildman–Crippen LogP) is 2.17. The Morgan fingerprint density at radius 2 is 2.14 bits per heavy atom. The Hall–Kier alpha value is -0.890. The lowest BCUT2D eigenvalue weighted by Crippen LogP contribution is -2.45. The molecule has 1 N–H and O–H groups in total. The Kier molecular flexibility index (Phi) is 6.02. The van der Waals surface area contributed by atoms with Gasteiger partial charge in [-0.3, -0.25) is 0 Å². The molecule has 8 heteroatoms. The topological polar surface area (TPSA) is 58.6 Å². The molecule has 1 heterocycles. The zero-order chi connectivity index (χ0) is 16.2. The number of benzene rings is 1. The summed E-state index contributed by atoms with van der Waals surface area (Å²) >= 11 is 11.3. The molecule has 0 aromatic heterocycles. The lowest BCUT2D eigenvalue weighted by Gasteiger charge is -2.30. The SMILES string of the molecule is COCCN(C(=S)Nc1ccc(Cl)cc1)[C@H]1CCS(=O)(=O)C1. The van der Waals surface area contributed by atoms with Crippen molar-refractivity contribution in [1.29, 1.82) is 0 Å². The summed E-state index contributed by atoms with van der Waals surface area (Å²) in [6, 6.07) is 7.09. The van der Waals surface area contributed by atoms with E-state index in [0.717, 1.165) is 5.69 Å². The van der Waals surface area contributed by atoms with Gasteiger partial charge in [0.2, 0.25) is 0 Å². The second kappa shape index (κ2) is 7.59. The number of halogens is 1. The molecule has 1 saturated heterocycles. The van der Waals surface area contributed by atoms with Crippen molar-refractivity contribution in [3.8, 4) is 0 Å². The summed E-state index contributed by atoms with van der Waals surface area (Å²) in [5, 5.41) is 4.28. The van der Waals surface area contributed by atoms with Crippen LogP contribution in [-0.2, 0) is 14.6 Å². The van der Waals surface area contributed by atoms with Crippen LogP contribution >= 0.6 is 23.8 Å². The van der Waals surface area contributed by atoms with E-state index in [4.69, 9.17) is 28.6 Å². The van der Waals surface area contributed by atoms with Crippen molar-refractivity contribution in [2.45, 2.75) is 12.5 Å². The van der Waals surface area contributed by atoms with E-state index >= 15 is 0 Å². The van der Waals surface area contributed by atoms with Gasteiger partial charge in [-0.2, -0.15) is 0 Å². The molecule has 0 bridgehead atoms. The summed E-state index contributed by atoms with van der Waals surface area (Å²) in [7, 11) is -1.35. The average Bonchev–Trinajstić information content (AvgIpc) is 2.82. The smallest absolute Gasteiger partial charge is 0.173 e. The number of thiocarbonyl (C=S) groups is 1. The number of anilines is 1. The number of nitrogens with one attached hydrogen (secondary N) is 1. The highest BCUT2D eigenvalue weighted by Crippen LogP contribution is 2.20. The largest absolute Gasteiger partial charge is 0.383 e. The van der Waals surface area contributed by atoms with Gasteiger partial charge in [0.1, 0.15) is 0 Å². The van der Waals surface area contributed by atoms with E-state index in [1.54, 1.807) is 19.2 Å². The molecule has 0 saturated carbocycles. The van der Waals surface area contributed by atoms with Crippen LogP contribution in [0.25, 0.3) is 0 Å². The molecule has 0 spiro atoms. The quantitative estimate of drug-likeness (QED) is 0.810. The summed E-state index contributed by atoms with van der Waals surface area (Å²) in [4.78, 5) is 1.90. The van der Waals surface area contributed by atoms with E-state index in [1.807, 2.05) is 17.0 Å². The summed E-state index contributed by atoms with van der Waals surface area (Å²) in [6.45, 7) is 1.04. The summed E-state index contributed by atoms with van der Waals surface area (Å²) in [5.74, 6) is 0.351. The molecular formula is C14H19ClN2O3S2. The number of ether oxygens (including phenoxy) is 1. The number of hydrogen-bond donors (Lipinski definition) is 1. The monoisotopic (exact) mass is 362 g/mol. The second-order valence-electron chi connectivity index (χ2n) is 5.18. The highest BCUT2D eigenvalue weighted by atomic mass is 35.5. The van der Waals surface area contributed by atoms with Gasteiger partial charge in [-0.05, 0) is 42.9 Å². The fraction of sp³-hybridized carbons (Fsp3) is 0.500. The lowest BCUT2D eigenvalue weighted by atomic mass is 10.2. The minimum Gasteiger partial charge on any atom is -0.383 e. The van der Waals surface area contributed by atoms with Gasteiger partial charge in [0.15, 0.2) is 14.9 Å². The zero-order valence-electron chi connectivity index (χ0n) is 12.3. The van der Waals surface area contributed by atoms with E-state index in [9.17, 15) is 8.42 Å². The molecule has 1 fully saturated rings. The number of sulfone groups is 1. The minimum atomic E-state index is -2.96. The normalized spacial score (nSPS) is 19.8. The van der Waals surface area contributed by atoms with Gasteiger partial charge in [-0.15, -0.1) is 0 Å². The Morgan fingerprint density at radius 3 is 2.68 bits per heavy atom. The van der Waals surface area contributed by atoms with Gasteiger partial charge in [0.25, 0.3) is 0 Å². The first-order chi connectivity index (χ1) is 10.4. The van der Waals surface area contributed by atoms with Crippen molar-refractivity contribution < 1.29 is 13.2 Å². The van der Waals surface area contributed by atoms with Crippen molar-refractivity contribution in [3.63, 3.8) is 0 Å². The number of hydrogen-bond acceptors (Lipinski definition) is 4. The predicted molar refractivity (Wildman–Crippen MR) is 93.3 cm³/mol. The Bertz CT molecular complexity index is 619. The molecule has 0 aliphatic carbocycles. The molecule has 22 heavy (non-hydrogen) atoms. The van der Waals surface area contributed by atoms with E-state index in [-0.39, 0.29) is 17.5 Å². The van der Waals surface area contributed by atoms with E-state index in [0.29, 0.717) is 29.7 Å². The third-order valence-electron chi connectivity index (χ3n) is 3.54. The standard InChI is InChI=1S/C14H19ClN2O3S2/c1-20-8-7-17(13-6-9-22(18,19)10-13)14(21)16-12-4-2-11(15)3-5-12/h2-5,13H,6-10H2,1H3,(H,16,21)/t13-/m0/s1. The van der Waals surface area contributed by atoms with Crippen molar-refractivity contribution >= 4 is 44.5 Å². The lowest BCUT2D eigenvalue weighted by molar-refractivity contribution is 0.166. The van der Waals surface area contributed by atoms with Gasteiger partial charge >= 0.3 is 0 Å². The average molecular weight is 363 g/mol. The first kappa shape index (κ1) is 17.5. The summed E-state index contributed by atoms with van der Waals surface area (Å²) in [5.41, 5.74) is 0.817. The van der Waals surface area contributed by atoms with Crippen molar-refractivity contribution in [1.82, 2.24) is 4.90 Å². The number of nitrogens with zero attached hydrogens (tertiary/aromatic N) is 1. The van der Waals surface area contributed by atoms with Crippen molar-refractivity contribution in [2.24, 2.45) is 0 Å². The van der Waals surface area contributed by atoms with E-state index in [2.05, 4.69) is 5.32 Å². The van der Waals surface area contributed by atoms with Crippen molar-refractivity contribution in [3.05, 3.63) is 29.3 Å². The van der Waals surface area contributed by atoms with Gasteiger partial charge in [0, 0.05) is 30.4 Å². The highest BCUT2D eigenvalue weighted by Gasteiger charge is 2.33. The maximum Gasteiger partial charge on any atom is 0.173 e. The Morgan fingerprint density at radius 1 is 1.45 bits per heavy atom. The molecule has 1 aromatic carbocycles. The zero-order valence-corrected chi connectivity index (χ0v) is 14.7. The molecule has 122 valence electrons. The molecule has 0 amide bonds. The van der Waals surface area contributed by atoms with Crippen LogP contribution in [0.3, 0.4) is 0 Å². The van der Waals surface area contributed by atoms with Gasteiger partial charge in [0.05, 0.1) is 18.1 Å². The molecule has 1 aliphatic rings. The Balaban J connectivity index is 2.07. The van der Waals surface area contributed by atoms with E-state index in [1.165, 1.54) is 0 Å². The maximum absolute atomic E-state index is 11.7. The second-order valence-corrected chi connectivity index (χ2v) is 8.23. The van der Waals surface area contributed by atoms with Crippen LogP contribution in [0.2, 0.25) is 5.02 Å². The molecule has 2 rings (SSSR count). The summed E-state index contributed by atoms with van der Waals surface area (Å²) < 4.78 is 28.5. The number of methoxy groups -OCH3 is 1. The molecule has 1 aromatic rings. The third-order valence-corrected chi connectivity index (χ3v) is 5.88. The molecule has 1 atom stereocenters. The van der Waals surface area contributed by atoms with Gasteiger partial charge < -0.3 is 15.0 Å². The molecular weight excluding hydrogens is 344 g/mol. The summed E-state index contributed by atoms with van der Waals surface area (Å²) in [6.07, 6.45) is 0.592. The third kappa shape index (κ3) is 4.81. The van der Waals surface area contributed by atoms with Crippen LogP contribution in [0.15, 0.2) is 24.3 Å². The maximum atomic E-state index is 11.7. The van der Waals surface area contributed by atoms with Crippen LogP contribution in [0.4, 0.5) is 5.69 Å². The van der Waals surface area contributed by atoms with E-state index < -0.39 is 9.84 Å². The van der Waals surface area contributed by atoms with Crippen molar-refractivity contribution in [2.75, 3.05) is 37.1 Å². The van der Waals surface area contributed by atoms with Gasteiger partial charge in [-0.1, -0.05) is 11.6 Å². The van der Waals surface area contributed by atoms with Crippen LogP contribution in [-0.4, -0.2) is 56.2 Å². The Labute approximate surface area is 141 Å². The highest BCUT2D eigenvalue weighted by molar-refractivity contribution is 7.91. The number of rotatable bonds is 5. The van der Waals surface area contributed by atoms with Crippen LogP contribution < -0.4 is 5.32 Å². The first-order valence-electron chi connectivity index (χ1n) is 6.94. The molecule has 0 radical (unpaired) electrons. The minimum absolute atomic E-state index is 0.104. The fourth-order valence-corrected chi connectivity index (χ4v) is 4.60. The van der Waals surface area contributed by atoms with Gasteiger partial charge in [-0.25, -0.2) is 8.42 Å². The van der Waals surface area contributed by atoms with Crippen LogP contribution in [0.5, 0.6) is 0 Å². The molecule has 0 unspecified atom stereocenters. The molecule has 5 nitrogen and oxygen atoms in total. The first-order valence-corrected chi connectivity index (χ1v) is 9.54. The van der Waals surface area contributed by atoms with Crippen LogP contribution in [0.1, 0.15) is 6.42 Å².